The maximum absolute atomic E-state index is 12.8. The summed E-state index contributed by atoms with van der Waals surface area (Å²) in [4.78, 5) is 28.5. The zero-order valence-corrected chi connectivity index (χ0v) is 15.6. The minimum absolute atomic E-state index is 0.0200. The second-order valence-corrected chi connectivity index (χ2v) is 7.37. The molecule has 1 aliphatic heterocycles. The zero-order chi connectivity index (χ0) is 19.0. The lowest BCUT2D eigenvalue weighted by molar-refractivity contribution is -0.152. The predicted molar refractivity (Wildman–Crippen MR) is 99.5 cm³/mol. The standard InChI is InChI=1S/C20H24N4O3/c1-3-27-20(26)19-13(2)8-9-14-10-23(11-15(14)19)18(25)12-24-21-16-6-4-5-7-17(16)22-24/h4-9,13-15,19H,3,10-12H2,1-2H3/t13-,14-,15+,19+/m0/s1. The van der Waals surface area contributed by atoms with Crippen molar-refractivity contribution in [1.82, 2.24) is 19.9 Å². The number of likely N-dealkylation sites (tertiary alicyclic amines) is 1. The van der Waals surface area contributed by atoms with Gasteiger partial charge in [0.1, 0.15) is 17.6 Å². The summed E-state index contributed by atoms with van der Waals surface area (Å²) in [5.41, 5.74) is 1.55. The average molecular weight is 368 g/mol. The Bertz CT molecular complexity index is 857. The lowest BCUT2D eigenvalue weighted by Crippen LogP contribution is -2.37. The van der Waals surface area contributed by atoms with E-state index in [9.17, 15) is 9.59 Å². The summed E-state index contributed by atoms with van der Waals surface area (Å²) in [6.45, 7) is 5.55. The van der Waals surface area contributed by atoms with Crippen LogP contribution in [0.5, 0.6) is 0 Å². The number of rotatable bonds is 4. The van der Waals surface area contributed by atoms with Crippen LogP contribution in [-0.2, 0) is 20.9 Å². The Labute approximate surface area is 158 Å². The average Bonchev–Trinajstić information content (AvgIpc) is 3.24. The molecule has 2 aliphatic rings. The first kappa shape index (κ1) is 17.7. The summed E-state index contributed by atoms with van der Waals surface area (Å²) in [5.74, 6) is 0.0653. The highest BCUT2D eigenvalue weighted by atomic mass is 16.5. The number of hydrogen-bond acceptors (Lipinski definition) is 5. The molecular formula is C20H24N4O3. The quantitative estimate of drug-likeness (QED) is 0.608. The Kier molecular flexibility index (Phi) is 4.68. The maximum atomic E-state index is 12.8. The lowest BCUT2D eigenvalue weighted by Gasteiger charge is -2.31. The molecule has 2 aromatic rings. The van der Waals surface area contributed by atoms with Gasteiger partial charge in [0.2, 0.25) is 5.91 Å². The number of carbonyl (C=O) groups is 2. The number of esters is 1. The fraction of sp³-hybridized carbons (Fsp3) is 0.500. The first-order valence-electron chi connectivity index (χ1n) is 9.49. The van der Waals surface area contributed by atoms with Crippen molar-refractivity contribution in [2.24, 2.45) is 23.7 Å². The number of aromatic nitrogens is 3. The fourth-order valence-corrected chi connectivity index (χ4v) is 4.29. The van der Waals surface area contributed by atoms with Crippen molar-refractivity contribution in [2.45, 2.75) is 20.4 Å². The minimum atomic E-state index is -0.192. The van der Waals surface area contributed by atoms with Crippen LogP contribution in [0.15, 0.2) is 36.4 Å². The van der Waals surface area contributed by atoms with Gasteiger partial charge in [-0.3, -0.25) is 9.59 Å². The molecule has 1 aromatic carbocycles. The second-order valence-electron chi connectivity index (χ2n) is 7.37. The van der Waals surface area contributed by atoms with E-state index in [4.69, 9.17) is 4.74 Å². The first-order chi connectivity index (χ1) is 13.1. The highest BCUT2D eigenvalue weighted by Gasteiger charge is 2.45. The molecule has 0 radical (unpaired) electrons. The van der Waals surface area contributed by atoms with Crippen LogP contribution in [0.1, 0.15) is 13.8 Å². The Balaban J connectivity index is 1.47. The van der Waals surface area contributed by atoms with Gasteiger partial charge in [-0.05, 0) is 36.8 Å². The van der Waals surface area contributed by atoms with Crippen LogP contribution in [0.25, 0.3) is 11.0 Å². The third-order valence-electron chi connectivity index (χ3n) is 5.62. The monoisotopic (exact) mass is 368 g/mol. The van der Waals surface area contributed by atoms with Gasteiger partial charge in [-0.1, -0.05) is 31.2 Å². The highest BCUT2D eigenvalue weighted by Crippen LogP contribution is 2.40. The number of nitrogens with zero attached hydrogens (tertiary/aromatic N) is 4. The van der Waals surface area contributed by atoms with Gasteiger partial charge in [0.25, 0.3) is 0 Å². The van der Waals surface area contributed by atoms with Crippen LogP contribution >= 0.6 is 0 Å². The topological polar surface area (TPSA) is 77.3 Å². The smallest absolute Gasteiger partial charge is 0.309 e. The van der Waals surface area contributed by atoms with Crippen LogP contribution in [0, 0.1) is 23.7 Å². The summed E-state index contributed by atoms with van der Waals surface area (Å²) in [6, 6.07) is 7.56. The van der Waals surface area contributed by atoms with E-state index in [1.165, 1.54) is 4.80 Å². The first-order valence-corrected chi connectivity index (χ1v) is 9.49. The largest absolute Gasteiger partial charge is 0.466 e. The molecule has 4 rings (SSSR count). The number of carbonyl (C=O) groups excluding carboxylic acids is 2. The molecule has 0 saturated carbocycles. The van der Waals surface area contributed by atoms with Gasteiger partial charge in [-0.25, -0.2) is 0 Å². The molecule has 1 amide bonds. The molecular weight excluding hydrogens is 344 g/mol. The number of amides is 1. The Morgan fingerprint density at radius 2 is 1.85 bits per heavy atom. The maximum Gasteiger partial charge on any atom is 0.309 e. The van der Waals surface area contributed by atoms with E-state index in [1.807, 2.05) is 43.0 Å². The third-order valence-corrected chi connectivity index (χ3v) is 5.62. The van der Waals surface area contributed by atoms with Crippen LogP contribution in [0.2, 0.25) is 0 Å². The molecule has 1 fully saturated rings. The molecule has 7 heteroatoms. The van der Waals surface area contributed by atoms with E-state index < -0.39 is 0 Å². The predicted octanol–water partition coefficient (Wildman–Crippen LogP) is 1.89. The summed E-state index contributed by atoms with van der Waals surface area (Å²) < 4.78 is 5.28. The Hall–Kier alpha value is -2.70. The molecule has 4 atom stereocenters. The van der Waals surface area contributed by atoms with Crippen molar-refractivity contribution in [3.05, 3.63) is 36.4 Å². The molecule has 0 spiro atoms. The second kappa shape index (κ2) is 7.13. The van der Waals surface area contributed by atoms with Gasteiger partial charge in [0, 0.05) is 13.1 Å². The van der Waals surface area contributed by atoms with E-state index in [0.717, 1.165) is 11.0 Å². The number of allylic oxidation sites excluding steroid dienone is 1. The number of fused-ring (bicyclic) bond motifs is 2. The zero-order valence-electron chi connectivity index (χ0n) is 15.6. The van der Waals surface area contributed by atoms with E-state index in [2.05, 4.69) is 22.3 Å². The molecule has 142 valence electrons. The van der Waals surface area contributed by atoms with Gasteiger partial charge in [0.15, 0.2) is 0 Å². The molecule has 1 aromatic heterocycles. The number of ether oxygens (including phenoxy) is 1. The van der Waals surface area contributed by atoms with E-state index in [0.29, 0.717) is 19.7 Å². The van der Waals surface area contributed by atoms with E-state index >= 15 is 0 Å². The van der Waals surface area contributed by atoms with Crippen molar-refractivity contribution in [3.63, 3.8) is 0 Å². The molecule has 0 unspecified atom stereocenters. The number of hydrogen-bond donors (Lipinski definition) is 0. The molecule has 0 bridgehead atoms. The molecule has 0 N–H and O–H groups in total. The normalized spacial score (nSPS) is 27.0. The van der Waals surface area contributed by atoms with Crippen LogP contribution in [-0.4, -0.2) is 51.5 Å². The van der Waals surface area contributed by atoms with Crippen molar-refractivity contribution < 1.29 is 14.3 Å². The number of benzene rings is 1. The van der Waals surface area contributed by atoms with Gasteiger partial charge in [-0.2, -0.15) is 15.0 Å². The molecule has 27 heavy (non-hydrogen) atoms. The SMILES string of the molecule is CCOC(=O)[C@H]1[C@@H]2CN(C(=O)Cn3nc4ccccc4n3)C[C@@H]2C=C[C@@H]1C. The van der Waals surface area contributed by atoms with Gasteiger partial charge >= 0.3 is 5.97 Å². The summed E-state index contributed by atoms with van der Waals surface area (Å²) in [7, 11) is 0. The van der Waals surface area contributed by atoms with Gasteiger partial charge < -0.3 is 9.64 Å². The van der Waals surface area contributed by atoms with Crippen LogP contribution in [0.4, 0.5) is 0 Å². The van der Waals surface area contributed by atoms with E-state index in [-0.39, 0.29) is 42.1 Å². The third kappa shape index (κ3) is 3.34. The molecule has 1 saturated heterocycles. The molecule has 7 nitrogen and oxygen atoms in total. The molecule has 2 heterocycles. The van der Waals surface area contributed by atoms with Crippen LogP contribution < -0.4 is 0 Å². The van der Waals surface area contributed by atoms with Crippen molar-refractivity contribution >= 4 is 22.9 Å². The van der Waals surface area contributed by atoms with Crippen LogP contribution in [0.3, 0.4) is 0 Å². The van der Waals surface area contributed by atoms with Crippen molar-refractivity contribution in [2.75, 3.05) is 19.7 Å². The molecule has 1 aliphatic carbocycles. The van der Waals surface area contributed by atoms with Crippen molar-refractivity contribution in [1.29, 1.82) is 0 Å². The lowest BCUT2D eigenvalue weighted by atomic mass is 9.72. The summed E-state index contributed by atoms with van der Waals surface area (Å²) >= 11 is 0. The highest BCUT2D eigenvalue weighted by molar-refractivity contribution is 5.78. The Morgan fingerprint density at radius 3 is 2.52 bits per heavy atom. The minimum Gasteiger partial charge on any atom is -0.466 e. The van der Waals surface area contributed by atoms with E-state index in [1.54, 1.807) is 0 Å². The fourth-order valence-electron chi connectivity index (χ4n) is 4.29. The summed E-state index contributed by atoms with van der Waals surface area (Å²) in [6.07, 6.45) is 4.23. The van der Waals surface area contributed by atoms with Gasteiger partial charge in [0.05, 0.1) is 12.5 Å². The van der Waals surface area contributed by atoms with Crippen molar-refractivity contribution in [3.8, 4) is 0 Å². The summed E-state index contributed by atoms with van der Waals surface area (Å²) in [5, 5.41) is 8.73. The Morgan fingerprint density at radius 1 is 1.15 bits per heavy atom. The van der Waals surface area contributed by atoms with Gasteiger partial charge in [-0.15, -0.1) is 0 Å².